The van der Waals surface area contributed by atoms with Gasteiger partial charge in [-0.25, -0.2) is 14.9 Å². The van der Waals surface area contributed by atoms with E-state index in [9.17, 15) is 9.59 Å². The molecule has 0 aliphatic carbocycles. The topological polar surface area (TPSA) is 142 Å². The van der Waals surface area contributed by atoms with Gasteiger partial charge in [-0.1, -0.05) is 0 Å². The molecule has 1 heterocycles. The Morgan fingerprint density at radius 2 is 1.71 bits per heavy atom. The summed E-state index contributed by atoms with van der Waals surface area (Å²) in [6.45, 7) is 3.29. The molecule has 0 bridgehead atoms. The first-order chi connectivity index (χ1) is 6.02. The third-order valence-corrected chi connectivity index (χ3v) is 1.22. The molecule has 8 nitrogen and oxygen atoms in total. The van der Waals surface area contributed by atoms with Gasteiger partial charge in [0.2, 0.25) is 0 Å². The van der Waals surface area contributed by atoms with Gasteiger partial charge in [-0.05, 0) is 13.8 Å². The Balaban J connectivity index is 0.000000292. The molecule has 0 aromatic heterocycles. The molecule has 14 heavy (non-hydrogen) atoms. The minimum absolute atomic E-state index is 0.271. The van der Waals surface area contributed by atoms with Gasteiger partial charge in [0, 0.05) is 0 Å². The predicted molar refractivity (Wildman–Crippen MR) is 47.0 cm³/mol. The summed E-state index contributed by atoms with van der Waals surface area (Å²) in [5.41, 5.74) is 3.30. The van der Waals surface area contributed by atoms with Crippen LogP contribution in [0.2, 0.25) is 0 Å². The summed E-state index contributed by atoms with van der Waals surface area (Å²) in [5.74, 6) is -0.271. The monoisotopic (exact) mass is 225 g/mol. The lowest BCUT2D eigenvalue weighted by Crippen LogP contribution is -2.39. The third kappa shape index (κ3) is 5.65. The van der Waals surface area contributed by atoms with Crippen LogP contribution in [0.15, 0.2) is 0 Å². The van der Waals surface area contributed by atoms with Crippen LogP contribution in [0.1, 0.15) is 13.8 Å². The lowest BCUT2D eigenvalue weighted by molar-refractivity contribution is -0.122. The van der Waals surface area contributed by atoms with Crippen molar-refractivity contribution in [1.29, 1.82) is 0 Å². The fraction of sp³-hybridized carbons (Fsp3) is 0.600. The van der Waals surface area contributed by atoms with Crippen molar-refractivity contribution in [2.75, 3.05) is 0 Å². The number of hydrogen-bond acceptors (Lipinski definition) is 3. The zero-order valence-electron chi connectivity index (χ0n) is 7.64. The van der Waals surface area contributed by atoms with Gasteiger partial charge in [-0.3, -0.25) is 10.1 Å². The highest BCUT2D eigenvalue weighted by molar-refractivity contribution is 7.49. The van der Waals surface area contributed by atoms with Crippen LogP contribution in [0.4, 0.5) is 4.79 Å². The van der Waals surface area contributed by atoms with Crippen molar-refractivity contribution in [2.45, 2.75) is 19.4 Å². The number of imide groups is 1. The van der Waals surface area contributed by atoms with Crippen LogP contribution in [0.5, 0.6) is 0 Å². The lowest BCUT2D eigenvalue weighted by atomic mass is 10.1. The molecular formula is C5H12N3O5P. The van der Waals surface area contributed by atoms with Crippen LogP contribution in [0, 0.1) is 0 Å². The van der Waals surface area contributed by atoms with Crippen LogP contribution in [-0.2, 0) is 9.36 Å². The van der Waals surface area contributed by atoms with Crippen molar-refractivity contribution in [3.63, 3.8) is 0 Å². The fourth-order valence-electron chi connectivity index (χ4n) is 0.631. The van der Waals surface area contributed by atoms with E-state index < -0.39 is 19.3 Å². The molecule has 0 aromatic carbocycles. The molecule has 0 spiro atoms. The number of urea groups is 1. The molecule has 0 atom stereocenters. The molecule has 0 radical (unpaired) electrons. The largest absolute Gasteiger partial charge is 0.397 e. The first-order valence-corrected chi connectivity index (χ1v) is 5.18. The SMILES string of the molecule is CC1(C)NC(=O)NC1=O.NP(=O)(O)O. The van der Waals surface area contributed by atoms with Crippen molar-refractivity contribution in [3.8, 4) is 0 Å². The number of amides is 3. The standard InChI is InChI=1S/C5H8N2O2.H4NO3P/c1-5(2)3(8)6-4(9)7-5;1-5(2,3)4/h1-2H3,(H2,6,7,8,9);(H4,1,2,3,4). The van der Waals surface area contributed by atoms with Gasteiger partial charge in [0.15, 0.2) is 0 Å². The number of nitrogens with one attached hydrogen (secondary N) is 2. The molecule has 82 valence electrons. The van der Waals surface area contributed by atoms with Crippen LogP contribution in [0.25, 0.3) is 0 Å². The zero-order chi connectivity index (χ0) is 11.6. The highest BCUT2D eigenvalue weighted by atomic mass is 31.2. The maximum Gasteiger partial charge on any atom is 0.397 e. The molecule has 1 saturated heterocycles. The molecule has 0 saturated carbocycles. The lowest BCUT2D eigenvalue weighted by Gasteiger charge is -2.11. The van der Waals surface area contributed by atoms with Gasteiger partial charge in [-0.2, -0.15) is 0 Å². The normalized spacial score (nSPS) is 19.2. The number of carbonyl (C=O) groups is 2. The van der Waals surface area contributed by atoms with E-state index >= 15 is 0 Å². The molecule has 1 aliphatic heterocycles. The number of rotatable bonds is 0. The summed E-state index contributed by atoms with van der Waals surface area (Å²) in [5, 5.41) is 4.56. The Morgan fingerprint density at radius 3 is 1.79 bits per heavy atom. The first-order valence-electron chi connectivity index (χ1n) is 3.50. The Morgan fingerprint density at radius 1 is 1.36 bits per heavy atom. The zero-order valence-corrected chi connectivity index (χ0v) is 8.54. The maximum absolute atomic E-state index is 10.7. The Hall–Kier alpha value is -0.950. The second kappa shape index (κ2) is 4.05. The Kier molecular flexibility index (Phi) is 3.78. The van der Waals surface area contributed by atoms with E-state index in [0.717, 1.165) is 0 Å². The molecular weight excluding hydrogens is 213 g/mol. The summed E-state index contributed by atoms with van der Waals surface area (Å²) < 4.78 is 9.10. The molecule has 0 aromatic rings. The molecule has 3 amide bonds. The van der Waals surface area contributed by atoms with Gasteiger partial charge < -0.3 is 15.1 Å². The Bertz CT molecular complexity index is 287. The highest BCUT2D eigenvalue weighted by Gasteiger charge is 2.36. The second-order valence-corrected chi connectivity index (χ2v) is 4.30. The van der Waals surface area contributed by atoms with Crippen LogP contribution in [-0.4, -0.2) is 27.3 Å². The molecule has 0 unspecified atom stereocenters. The summed E-state index contributed by atoms with van der Waals surface area (Å²) in [4.78, 5) is 36.0. The minimum Gasteiger partial charge on any atom is -0.324 e. The van der Waals surface area contributed by atoms with Crippen molar-refractivity contribution < 1.29 is 23.9 Å². The Labute approximate surface area is 80.1 Å². The molecule has 6 N–H and O–H groups in total. The van der Waals surface area contributed by atoms with Gasteiger partial charge in [0.25, 0.3) is 5.91 Å². The van der Waals surface area contributed by atoms with E-state index in [-0.39, 0.29) is 5.91 Å². The fourth-order valence-corrected chi connectivity index (χ4v) is 0.631. The van der Waals surface area contributed by atoms with E-state index in [4.69, 9.17) is 14.4 Å². The van der Waals surface area contributed by atoms with Gasteiger partial charge >= 0.3 is 13.8 Å². The quantitative estimate of drug-likeness (QED) is 0.254. The average molecular weight is 225 g/mol. The summed E-state index contributed by atoms with van der Waals surface area (Å²) in [7, 11) is -4.14. The first kappa shape index (κ1) is 13.1. The minimum atomic E-state index is -4.14. The van der Waals surface area contributed by atoms with E-state index in [0.29, 0.717) is 0 Å². The van der Waals surface area contributed by atoms with Crippen molar-refractivity contribution in [1.82, 2.24) is 10.6 Å². The van der Waals surface area contributed by atoms with E-state index in [2.05, 4.69) is 16.1 Å². The highest BCUT2D eigenvalue weighted by Crippen LogP contribution is 2.20. The molecule has 1 aliphatic rings. The average Bonchev–Trinajstić information content (AvgIpc) is 1.99. The van der Waals surface area contributed by atoms with Crippen LogP contribution >= 0.6 is 7.75 Å². The number of nitrogens with two attached hydrogens (primary N) is 1. The third-order valence-electron chi connectivity index (χ3n) is 1.22. The van der Waals surface area contributed by atoms with Crippen LogP contribution in [0.3, 0.4) is 0 Å². The van der Waals surface area contributed by atoms with E-state index in [1.807, 2.05) is 0 Å². The van der Waals surface area contributed by atoms with Gasteiger partial charge in [0.1, 0.15) is 5.54 Å². The summed E-state index contributed by atoms with van der Waals surface area (Å²) >= 11 is 0. The summed E-state index contributed by atoms with van der Waals surface area (Å²) in [6.07, 6.45) is 0. The van der Waals surface area contributed by atoms with Gasteiger partial charge in [-0.15, -0.1) is 0 Å². The molecule has 1 fully saturated rings. The second-order valence-electron chi connectivity index (χ2n) is 3.12. The number of carbonyl (C=O) groups excluding carboxylic acids is 2. The van der Waals surface area contributed by atoms with Gasteiger partial charge in [0.05, 0.1) is 0 Å². The number of hydrogen-bond donors (Lipinski definition) is 5. The smallest absolute Gasteiger partial charge is 0.324 e. The van der Waals surface area contributed by atoms with Crippen molar-refractivity contribution >= 4 is 19.7 Å². The van der Waals surface area contributed by atoms with E-state index in [1.54, 1.807) is 13.8 Å². The maximum atomic E-state index is 10.7. The molecule has 1 rings (SSSR count). The molecule has 9 heteroatoms. The van der Waals surface area contributed by atoms with Crippen molar-refractivity contribution in [2.24, 2.45) is 5.50 Å². The summed E-state index contributed by atoms with van der Waals surface area (Å²) in [6, 6.07) is -0.412. The van der Waals surface area contributed by atoms with Crippen LogP contribution < -0.4 is 16.1 Å². The van der Waals surface area contributed by atoms with Crippen molar-refractivity contribution in [3.05, 3.63) is 0 Å². The van der Waals surface area contributed by atoms with E-state index in [1.165, 1.54) is 0 Å². The predicted octanol–water partition coefficient (Wildman–Crippen LogP) is -1.36.